The molecule has 0 aliphatic rings. The molecular weight excluding hydrogens is 148 g/mol. The van der Waals surface area contributed by atoms with E-state index in [0.29, 0.717) is 12.2 Å². The highest BCUT2D eigenvalue weighted by atomic mass is 16.4. The summed E-state index contributed by atoms with van der Waals surface area (Å²) in [6, 6.07) is 0. The fraction of sp³-hybridized carbons (Fsp3) is 0.400. The molecule has 0 atom stereocenters. The molecule has 0 amide bonds. The average Bonchev–Trinajstić information content (AvgIpc) is 2.36. The summed E-state index contributed by atoms with van der Waals surface area (Å²) < 4.78 is 0. The minimum absolute atomic E-state index is 0.0284. The van der Waals surface area contributed by atoms with Crippen LogP contribution in [0.5, 0.6) is 0 Å². The highest BCUT2D eigenvalue weighted by Gasteiger charge is 2.13. The van der Waals surface area contributed by atoms with Gasteiger partial charge >= 0.3 is 5.97 Å². The Bertz CT molecular complexity index is 257. The van der Waals surface area contributed by atoms with Gasteiger partial charge in [-0.3, -0.25) is 0 Å². The molecule has 6 nitrogen and oxygen atoms in total. The number of aromatic amines is 1. The zero-order valence-corrected chi connectivity index (χ0v) is 5.96. The van der Waals surface area contributed by atoms with Gasteiger partial charge < -0.3 is 10.4 Å². The number of aromatic carboxylic acids is 1. The maximum Gasteiger partial charge on any atom is 0.358 e. The Hall–Kier alpha value is -1.43. The summed E-state index contributed by atoms with van der Waals surface area (Å²) in [5.74, 6) is -1.07. The van der Waals surface area contributed by atoms with Crippen LogP contribution in [0.4, 0.5) is 0 Å². The molecule has 0 aliphatic carbocycles. The van der Waals surface area contributed by atoms with Gasteiger partial charge in [0.2, 0.25) is 0 Å². The number of carboxylic acids is 1. The maximum atomic E-state index is 10.4. The van der Waals surface area contributed by atoms with Gasteiger partial charge in [-0.2, -0.15) is 10.3 Å². The Balaban J connectivity index is 2.87. The Kier molecular flexibility index (Phi) is 2.17. The zero-order valence-electron chi connectivity index (χ0n) is 5.96. The largest absolute Gasteiger partial charge is 0.476 e. The minimum Gasteiger partial charge on any atom is -0.476 e. The molecule has 60 valence electrons. The Morgan fingerprint density at radius 1 is 1.73 bits per heavy atom. The lowest BCUT2D eigenvalue weighted by molar-refractivity contribution is 0.0689. The van der Waals surface area contributed by atoms with Crippen LogP contribution < -0.4 is 5.32 Å². The zero-order chi connectivity index (χ0) is 8.27. The lowest BCUT2D eigenvalue weighted by Crippen LogP contribution is -2.10. The van der Waals surface area contributed by atoms with E-state index in [1.54, 1.807) is 7.05 Å². The molecule has 11 heavy (non-hydrogen) atoms. The van der Waals surface area contributed by atoms with E-state index in [-0.39, 0.29) is 5.69 Å². The summed E-state index contributed by atoms with van der Waals surface area (Å²) in [5.41, 5.74) is 0.388. The van der Waals surface area contributed by atoms with Crippen molar-refractivity contribution in [2.75, 3.05) is 7.05 Å². The van der Waals surface area contributed by atoms with Gasteiger partial charge in [-0.05, 0) is 7.05 Å². The first-order valence-electron chi connectivity index (χ1n) is 3.03. The molecular formula is C5H8N4O2. The van der Waals surface area contributed by atoms with Gasteiger partial charge in [0.05, 0.1) is 0 Å². The Morgan fingerprint density at radius 3 is 3.00 bits per heavy atom. The predicted molar refractivity (Wildman–Crippen MR) is 36.1 cm³/mol. The summed E-state index contributed by atoms with van der Waals surface area (Å²) >= 11 is 0. The third kappa shape index (κ3) is 1.53. The fourth-order valence-corrected chi connectivity index (χ4v) is 0.715. The second-order valence-corrected chi connectivity index (χ2v) is 1.95. The van der Waals surface area contributed by atoms with Gasteiger partial charge in [0.25, 0.3) is 0 Å². The van der Waals surface area contributed by atoms with Crippen LogP contribution in [0.1, 0.15) is 16.2 Å². The van der Waals surface area contributed by atoms with Crippen molar-refractivity contribution in [2.45, 2.75) is 6.54 Å². The average molecular weight is 156 g/mol. The van der Waals surface area contributed by atoms with Crippen LogP contribution in [0, 0.1) is 0 Å². The van der Waals surface area contributed by atoms with Gasteiger partial charge in [0.15, 0.2) is 5.69 Å². The molecule has 1 heterocycles. The first-order valence-corrected chi connectivity index (χ1v) is 3.03. The number of rotatable bonds is 3. The van der Waals surface area contributed by atoms with Crippen molar-refractivity contribution in [3.8, 4) is 0 Å². The van der Waals surface area contributed by atoms with Crippen molar-refractivity contribution in [3.63, 3.8) is 0 Å². The summed E-state index contributed by atoms with van der Waals surface area (Å²) in [4.78, 5) is 10.4. The maximum absolute atomic E-state index is 10.4. The lowest BCUT2D eigenvalue weighted by Gasteiger charge is -1.92. The normalized spacial score (nSPS) is 9.91. The van der Waals surface area contributed by atoms with Crippen LogP contribution in [0.3, 0.4) is 0 Å². The van der Waals surface area contributed by atoms with Gasteiger partial charge in [-0.15, -0.1) is 5.10 Å². The SMILES string of the molecule is CNCc1n[nH]nc1C(=O)O. The van der Waals surface area contributed by atoms with Crippen molar-refractivity contribution in [2.24, 2.45) is 0 Å². The van der Waals surface area contributed by atoms with Gasteiger partial charge in [0, 0.05) is 6.54 Å². The summed E-state index contributed by atoms with van der Waals surface area (Å²) in [7, 11) is 1.71. The first kappa shape index (κ1) is 7.67. The third-order valence-corrected chi connectivity index (χ3v) is 1.17. The summed E-state index contributed by atoms with van der Waals surface area (Å²) in [6.07, 6.45) is 0. The molecule has 0 spiro atoms. The molecule has 1 rings (SSSR count). The van der Waals surface area contributed by atoms with Crippen molar-refractivity contribution in [1.29, 1.82) is 0 Å². The van der Waals surface area contributed by atoms with E-state index in [9.17, 15) is 4.79 Å². The predicted octanol–water partition coefficient (Wildman–Crippen LogP) is -0.778. The molecule has 0 bridgehead atoms. The molecule has 1 aromatic rings. The van der Waals surface area contributed by atoms with Gasteiger partial charge in [0.1, 0.15) is 5.69 Å². The minimum atomic E-state index is -1.07. The van der Waals surface area contributed by atoms with Crippen LogP contribution in [-0.2, 0) is 6.54 Å². The molecule has 0 aliphatic heterocycles. The highest BCUT2D eigenvalue weighted by molar-refractivity contribution is 5.86. The van der Waals surface area contributed by atoms with Crippen molar-refractivity contribution in [3.05, 3.63) is 11.4 Å². The molecule has 0 unspecified atom stereocenters. The second-order valence-electron chi connectivity index (χ2n) is 1.95. The molecule has 0 fully saturated rings. The van der Waals surface area contributed by atoms with Crippen molar-refractivity contribution >= 4 is 5.97 Å². The van der Waals surface area contributed by atoms with E-state index in [0.717, 1.165) is 0 Å². The molecule has 0 aromatic carbocycles. The topological polar surface area (TPSA) is 90.9 Å². The van der Waals surface area contributed by atoms with E-state index >= 15 is 0 Å². The second kappa shape index (κ2) is 3.11. The number of hydrogen-bond donors (Lipinski definition) is 3. The smallest absolute Gasteiger partial charge is 0.358 e. The molecule has 0 saturated heterocycles. The number of aromatic nitrogens is 3. The van der Waals surface area contributed by atoms with E-state index in [4.69, 9.17) is 5.11 Å². The Morgan fingerprint density at radius 2 is 2.45 bits per heavy atom. The molecule has 0 radical (unpaired) electrons. The fourth-order valence-electron chi connectivity index (χ4n) is 0.715. The highest BCUT2D eigenvalue weighted by Crippen LogP contribution is 1.98. The van der Waals surface area contributed by atoms with Crippen LogP contribution in [-0.4, -0.2) is 33.5 Å². The summed E-state index contributed by atoms with van der Waals surface area (Å²) in [5, 5.41) is 20.7. The lowest BCUT2D eigenvalue weighted by atomic mass is 10.3. The molecule has 1 aromatic heterocycles. The number of nitrogens with zero attached hydrogens (tertiary/aromatic N) is 2. The van der Waals surface area contributed by atoms with Crippen LogP contribution in [0.15, 0.2) is 0 Å². The quantitative estimate of drug-likeness (QED) is 0.534. The van der Waals surface area contributed by atoms with E-state index in [1.165, 1.54) is 0 Å². The van der Waals surface area contributed by atoms with Gasteiger partial charge in [-0.1, -0.05) is 0 Å². The monoisotopic (exact) mass is 156 g/mol. The number of hydrogen-bond acceptors (Lipinski definition) is 4. The summed E-state index contributed by atoms with van der Waals surface area (Å²) in [6.45, 7) is 0.401. The van der Waals surface area contributed by atoms with Crippen LogP contribution in [0.2, 0.25) is 0 Å². The standard InChI is InChI=1S/C5H8N4O2/c1-6-2-3-4(5(10)11)8-9-7-3/h6H,2H2,1H3,(H,10,11)(H,7,8,9). The van der Waals surface area contributed by atoms with Crippen LogP contribution >= 0.6 is 0 Å². The van der Waals surface area contributed by atoms with Crippen molar-refractivity contribution < 1.29 is 9.90 Å². The van der Waals surface area contributed by atoms with E-state index in [2.05, 4.69) is 20.7 Å². The molecule has 3 N–H and O–H groups in total. The number of H-pyrrole nitrogens is 1. The molecule has 6 heteroatoms. The number of carboxylic acid groups (broad SMARTS) is 1. The number of nitrogens with one attached hydrogen (secondary N) is 2. The van der Waals surface area contributed by atoms with Crippen molar-refractivity contribution in [1.82, 2.24) is 20.7 Å². The number of carbonyl (C=O) groups is 1. The van der Waals surface area contributed by atoms with E-state index in [1.807, 2.05) is 0 Å². The van der Waals surface area contributed by atoms with E-state index < -0.39 is 5.97 Å². The molecule has 0 saturated carbocycles. The van der Waals surface area contributed by atoms with Crippen LogP contribution in [0.25, 0.3) is 0 Å². The first-order chi connectivity index (χ1) is 5.25. The van der Waals surface area contributed by atoms with Gasteiger partial charge in [-0.25, -0.2) is 4.79 Å². The third-order valence-electron chi connectivity index (χ3n) is 1.17. The Labute approximate surface area is 62.6 Å².